The van der Waals surface area contributed by atoms with Gasteiger partial charge in [-0.1, -0.05) is 103 Å². The summed E-state index contributed by atoms with van der Waals surface area (Å²) in [5, 5.41) is 3.29. The van der Waals surface area contributed by atoms with Gasteiger partial charge in [-0.25, -0.2) is 0 Å². The van der Waals surface area contributed by atoms with Gasteiger partial charge in [0.2, 0.25) is 5.91 Å². The van der Waals surface area contributed by atoms with Crippen molar-refractivity contribution in [1.82, 2.24) is 25.3 Å². The molecule has 316 valence electrons. The Morgan fingerprint density at radius 3 is 1.17 bits per heavy atom. The smallest absolute Gasteiger partial charge is 0.220 e. The van der Waals surface area contributed by atoms with Crippen molar-refractivity contribution >= 4 is 5.91 Å². The molecule has 1 amide bonds. The Labute approximate surface area is 359 Å². The first-order valence-corrected chi connectivity index (χ1v) is 24.0. The Bertz CT molecular complexity index is 1800. The summed E-state index contributed by atoms with van der Waals surface area (Å²) in [5.74, 6) is 0.884. The van der Waals surface area contributed by atoms with Crippen LogP contribution in [0.4, 0.5) is 0 Å². The Balaban J connectivity index is 0.000000729. The summed E-state index contributed by atoms with van der Waals surface area (Å²) >= 11 is 0. The van der Waals surface area contributed by atoms with Crippen molar-refractivity contribution in [2.75, 3.05) is 6.54 Å². The fraction of sp³-hybridized carbons (Fsp3) is 0.667. The van der Waals surface area contributed by atoms with E-state index in [0.29, 0.717) is 12.3 Å². The number of aromatic amines is 4. The first-order valence-electron chi connectivity index (χ1n) is 24.0. The number of carbonyl (C=O) groups excluding carboxylic acids is 1. The van der Waals surface area contributed by atoms with Crippen LogP contribution in [0.1, 0.15) is 226 Å². The molecule has 5 aliphatic carbocycles. The predicted molar refractivity (Wildman–Crippen MR) is 233 cm³/mol. The van der Waals surface area contributed by atoms with Gasteiger partial charge in [0.25, 0.3) is 0 Å². The summed E-state index contributed by atoms with van der Waals surface area (Å²) < 4.78 is 0. The quantitative estimate of drug-likeness (QED) is 0.123. The number of H-pyrrole nitrogens is 4. The minimum atomic E-state index is -0.279. The van der Waals surface area contributed by atoms with Crippen LogP contribution in [-0.4, -0.2) is 32.4 Å². The van der Waals surface area contributed by atoms with Crippen LogP contribution >= 0.6 is 0 Å². The van der Waals surface area contributed by atoms with Crippen LogP contribution in [0.3, 0.4) is 0 Å². The Morgan fingerprint density at radius 2 is 0.810 bits per heavy atom. The number of rotatable bonds is 6. The summed E-state index contributed by atoms with van der Waals surface area (Å²) in [6, 6.07) is 19.5. The van der Waals surface area contributed by atoms with Gasteiger partial charge in [-0.2, -0.15) is 0 Å². The summed E-state index contributed by atoms with van der Waals surface area (Å²) in [4.78, 5) is 29.8. The number of fused-ring (bicyclic) bond motifs is 14. The van der Waals surface area contributed by atoms with E-state index >= 15 is 0 Å². The van der Waals surface area contributed by atoms with Crippen LogP contribution < -0.4 is 5.32 Å². The van der Waals surface area contributed by atoms with E-state index in [0.717, 1.165) is 19.4 Å². The molecule has 4 aromatic rings. The van der Waals surface area contributed by atoms with Crippen LogP contribution in [0, 0.1) is 5.92 Å². The second kappa shape index (κ2) is 18.0. The molecule has 0 aromatic carbocycles. The van der Waals surface area contributed by atoms with E-state index in [1.165, 1.54) is 200 Å². The van der Waals surface area contributed by atoms with Crippen LogP contribution in [0.25, 0.3) is 0 Å². The molecule has 1 aliphatic heterocycles. The standard InChI is InChI=1S/C46H63N5O.C5H10.Fe/c1-43(25-13-16-42(52)47-32-33-14-5-6-15-33)34-17-19-36(48-34)44(26-7-2-8-27-44)38-21-23-40(50-38)46(30-11-4-12-31-46)41-24-22-39(51-41)45(28-9-3-10-29-45)37-20-18-35(43)49-37;1-2-4-5-3-1;/h17-24,33,48-51H,2-16,25-32H2,1H3,(H,47,52);1-5H2;. The second-order valence-corrected chi connectivity index (χ2v) is 20.0. The van der Waals surface area contributed by atoms with Crippen molar-refractivity contribution < 1.29 is 21.9 Å². The van der Waals surface area contributed by atoms with Gasteiger partial charge in [-0.05, 0) is 126 Å². The van der Waals surface area contributed by atoms with Gasteiger partial charge in [0.15, 0.2) is 0 Å². The maximum Gasteiger partial charge on any atom is 0.220 e. The minimum absolute atomic E-state index is 0. The summed E-state index contributed by atoms with van der Waals surface area (Å²) in [6.45, 7) is 3.27. The van der Waals surface area contributed by atoms with Gasteiger partial charge in [-0.3, -0.25) is 4.79 Å². The van der Waals surface area contributed by atoms with E-state index in [1.54, 1.807) is 0 Å². The molecule has 5 saturated carbocycles. The van der Waals surface area contributed by atoms with Crippen LogP contribution in [0.15, 0.2) is 48.5 Å². The molecular formula is C51H73FeN5O. The predicted octanol–water partition coefficient (Wildman–Crippen LogP) is 12.8. The summed E-state index contributed by atoms with van der Waals surface area (Å²) in [6.07, 6.45) is 33.6. The van der Waals surface area contributed by atoms with Crippen LogP contribution in [0.2, 0.25) is 0 Å². The van der Waals surface area contributed by atoms with Crippen molar-refractivity contribution in [2.45, 2.75) is 202 Å². The molecule has 5 heterocycles. The van der Waals surface area contributed by atoms with E-state index < -0.39 is 0 Å². The Kier molecular flexibility index (Phi) is 13.0. The number of nitrogens with one attached hydrogen (secondary N) is 5. The normalized spacial score (nSPS) is 23.0. The van der Waals surface area contributed by atoms with Gasteiger partial charge < -0.3 is 25.3 Å². The molecule has 7 heteroatoms. The van der Waals surface area contributed by atoms with Gasteiger partial charge in [0, 0.05) is 81.0 Å². The van der Waals surface area contributed by atoms with Crippen molar-refractivity contribution in [2.24, 2.45) is 5.92 Å². The van der Waals surface area contributed by atoms with E-state index in [9.17, 15) is 4.79 Å². The van der Waals surface area contributed by atoms with E-state index in [1.807, 2.05) is 0 Å². The molecule has 6 aliphatic rings. The third kappa shape index (κ3) is 7.90. The molecule has 8 bridgehead atoms. The zero-order valence-electron chi connectivity index (χ0n) is 35.8. The van der Waals surface area contributed by atoms with Crippen molar-refractivity contribution in [1.29, 1.82) is 0 Å². The summed E-state index contributed by atoms with van der Waals surface area (Å²) in [7, 11) is 0. The molecule has 6 nitrogen and oxygen atoms in total. The van der Waals surface area contributed by atoms with Gasteiger partial charge in [0.1, 0.15) is 0 Å². The number of hydrogen-bond acceptors (Lipinski definition) is 1. The molecule has 0 radical (unpaired) electrons. The first-order chi connectivity index (χ1) is 27.9. The minimum Gasteiger partial charge on any atom is -0.361 e. The maximum atomic E-state index is 13.1. The number of hydrogen-bond donors (Lipinski definition) is 5. The largest absolute Gasteiger partial charge is 0.361 e. The Morgan fingerprint density at radius 1 is 0.500 bits per heavy atom. The zero-order chi connectivity index (χ0) is 38.8. The molecular weight excluding hydrogens is 754 g/mol. The van der Waals surface area contributed by atoms with Gasteiger partial charge in [-0.15, -0.1) is 0 Å². The molecule has 5 fully saturated rings. The molecule has 10 rings (SSSR count). The topological polar surface area (TPSA) is 92.3 Å². The average molecular weight is 828 g/mol. The number of amides is 1. The molecule has 5 N–H and O–H groups in total. The molecule has 3 spiro atoms. The number of carbonyl (C=O) groups is 1. The van der Waals surface area contributed by atoms with Crippen molar-refractivity contribution in [3.05, 3.63) is 94.1 Å². The maximum absolute atomic E-state index is 13.1. The SMILES string of the molecule is C1CCCC1.CC1(CCCC(=O)NCC2CCCC2)c2ccc([nH]2)C2(CCCCC2)c2ccc([nH]2)C2(CCCCC2)c2ccc([nH]2)C2(CCCCC2)c2ccc1[nH]2.[Fe]. The second-order valence-electron chi connectivity index (χ2n) is 20.0. The molecule has 4 aromatic heterocycles. The average Bonchev–Trinajstić information content (AvgIpc) is 4.12. The monoisotopic (exact) mass is 828 g/mol. The van der Waals surface area contributed by atoms with Crippen molar-refractivity contribution in [3.63, 3.8) is 0 Å². The fourth-order valence-corrected chi connectivity index (χ4v) is 12.9. The molecule has 0 atom stereocenters. The third-order valence-electron chi connectivity index (χ3n) is 16.5. The molecule has 0 unspecified atom stereocenters. The third-order valence-corrected chi connectivity index (χ3v) is 16.5. The zero-order valence-corrected chi connectivity index (χ0v) is 36.9. The Hall–Kier alpha value is -2.89. The summed E-state index contributed by atoms with van der Waals surface area (Å²) in [5.41, 5.74) is 10.5. The van der Waals surface area contributed by atoms with Gasteiger partial charge >= 0.3 is 0 Å². The molecule has 58 heavy (non-hydrogen) atoms. The van der Waals surface area contributed by atoms with E-state index in [2.05, 4.69) is 80.7 Å². The van der Waals surface area contributed by atoms with Gasteiger partial charge in [0.05, 0.1) is 16.2 Å². The van der Waals surface area contributed by atoms with Crippen molar-refractivity contribution in [3.8, 4) is 0 Å². The van der Waals surface area contributed by atoms with E-state index in [-0.39, 0.29) is 44.6 Å². The molecule has 0 saturated heterocycles. The van der Waals surface area contributed by atoms with E-state index in [4.69, 9.17) is 0 Å². The fourth-order valence-electron chi connectivity index (χ4n) is 12.9. The first kappa shape index (κ1) is 41.8. The van der Waals surface area contributed by atoms with Crippen LogP contribution in [0.5, 0.6) is 0 Å². The number of aromatic nitrogens is 4. The van der Waals surface area contributed by atoms with Crippen LogP contribution in [-0.2, 0) is 43.5 Å².